The van der Waals surface area contributed by atoms with E-state index in [9.17, 15) is 18.3 Å². The van der Waals surface area contributed by atoms with Gasteiger partial charge in [-0.3, -0.25) is 4.79 Å². The van der Waals surface area contributed by atoms with Gasteiger partial charge in [0.15, 0.2) is 0 Å². The molecule has 0 saturated heterocycles. The highest BCUT2D eigenvalue weighted by atomic mass is 32.2. The van der Waals surface area contributed by atoms with Crippen molar-refractivity contribution < 1.29 is 23.1 Å². The van der Waals surface area contributed by atoms with Crippen LogP contribution in [0.15, 0.2) is 71.6 Å². The third kappa shape index (κ3) is 8.55. The maximum atomic E-state index is 14.5. The first-order valence-corrected chi connectivity index (χ1v) is 18.0. The van der Waals surface area contributed by atoms with Crippen LogP contribution in [-0.4, -0.2) is 71.1 Å². The zero-order valence-corrected chi connectivity index (χ0v) is 30.1. The standard InChI is InChI=1S/C37H46N6O5S/c1-24(2)42(17-18-44)32-16-10-14-28(38-32)22-43-29(21-37(5,6)7)23-48-33-20-31(34-25(3)11-8-12-26(34)4)39-36(40-33)41-49(46,47)30-15-9-13-27(19-30)35(43)45/h8-16,19-20,24,29,44H,17-18,21-23H2,1-7H3,(H,39,40,41)/t29-/m1/s1. The molecule has 0 fully saturated rings. The van der Waals surface area contributed by atoms with Crippen molar-refractivity contribution in [3.8, 4) is 17.1 Å². The molecule has 4 aromatic rings. The lowest BCUT2D eigenvalue weighted by atomic mass is 9.87. The molecule has 2 aromatic heterocycles. The number of aliphatic hydroxyl groups excluding tert-OH is 1. The number of anilines is 2. The van der Waals surface area contributed by atoms with E-state index in [-0.39, 0.29) is 59.4 Å². The van der Waals surface area contributed by atoms with Gasteiger partial charge in [-0.05, 0) is 81.0 Å². The maximum absolute atomic E-state index is 14.5. The molecule has 0 saturated carbocycles. The van der Waals surface area contributed by atoms with Gasteiger partial charge in [-0.15, -0.1) is 0 Å². The average molecular weight is 687 g/mol. The van der Waals surface area contributed by atoms with E-state index in [1.165, 1.54) is 12.1 Å². The van der Waals surface area contributed by atoms with Crippen LogP contribution in [0, 0.1) is 19.3 Å². The average Bonchev–Trinajstić information content (AvgIpc) is 3.03. The zero-order valence-electron chi connectivity index (χ0n) is 29.3. The molecule has 1 aliphatic rings. The molecule has 5 rings (SSSR count). The fraction of sp³-hybridized carbons (Fsp3) is 0.405. The monoisotopic (exact) mass is 686 g/mol. The van der Waals surface area contributed by atoms with Crippen LogP contribution in [0.25, 0.3) is 11.3 Å². The van der Waals surface area contributed by atoms with Crippen molar-refractivity contribution in [1.82, 2.24) is 19.9 Å². The molecule has 260 valence electrons. The number of pyridine rings is 1. The lowest BCUT2D eigenvalue weighted by Crippen LogP contribution is -2.45. The Kier molecular flexibility index (Phi) is 10.6. The fourth-order valence-corrected chi connectivity index (χ4v) is 7.17. The summed E-state index contributed by atoms with van der Waals surface area (Å²) < 4.78 is 36.3. The summed E-state index contributed by atoms with van der Waals surface area (Å²) in [6.45, 7) is 14.9. The molecule has 4 bridgehead atoms. The first kappa shape index (κ1) is 35.7. The van der Waals surface area contributed by atoms with Crippen molar-refractivity contribution in [3.63, 3.8) is 0 Å². The normalized spacial score (nSPS) is 16.2. The number of nitrogens with one attached hydrogen (secondary N) is 1. The second-order valence-electron chi connectivity index (χ2n) is 14.0. The van der Waals surface area contributed by atoms with Crippen LogP contribution in [0.3, 0.4) is 0 Å². The lowest BCUT2D eigenvalue weighted by Gasteiger charge is -2.36. The second kappa shape index (κ2) is 14.5. The smallest absolute Gasteiger partial charge is 0.264 e. The molecule has 3 heterocycles. The van der Waals surface area contributed by atoms with E-state index in [0.717, 1.165) is 16.7 Å². The number of carbonyl (C=O) groups is 1. The number of benzene rings is 2. The Labute approximate surface area is 289 Å². The first-order chi connectivity index (χ1) is 23.1. The van der Waals surface area contributed by atoms with Crippen LogP contribution in [0.1, 0.15) is 68.2 Å². The van der Waals surface area contributed by atoms with Gasteiger partial charge in [0.1, 0.15) is 12.4 Å². The molecule has 0 radical (unpaired) electrons. The van der Waals surface area contributed by atoms with Crippen LogP contribution in [0.4, 0.5) is 11.8 Å². The number of aliphatic hydroxyl groups is 1. The minimum atomic E-state index is -4.19. The number of hydrogen-bond donors (Lipinski definition) is 2. The van der Waals surface area contributed by atoms with Gasteiger partial charge in [0, 0.05) is 29.8 Å². The van der Waals surface area contributed by atoms with Gasteiger partial charge in [0.25, 0.3) is 15.9 Å². The number of amides is 1. The van der Waals surface area contributed by atoms with Crippen molar-refractivity contribution in [2.45, 2.75) is 78.4 Å². The largest absolute Gasteiger partial charge is 0.475 e. The van der Waals surface area contributed by atoms with Crippen LogP contribution in [-0.2, 0) is 16.6 Å². The maximum Gasteiger partial charge on any atom is 0.264 e. The Bertz CT molecular complexity index is 1900. The number of aryl methyl sites for hydroxylation is 2. The predicted octanol–water partition coefficient (Wildman–Crippen LogP) is 6.00. The molecule has 1 atom stereocenters. The van der Waals surface area contributed by atoms with Gasteiger partial charge in [-0.25, -0.2) is 23.1 Å². The molecule has 2 aromatic carbocycles. The van der Waals surface area contributed by atoms with E-state index in [4.69, 9.17) is 9.72 Å². The minimum absolute atomic E-state index is 0.0241. The summed E-state index contributed by atoms with van der Waals surface area (Å²) in [5.74, 6) is 0.384. The number of sulfonamides is 1. The van der Waals surface area contributed by atoms with E-state index in [1.54, 1.807) is 23.1 Å². The first-order valence-electron chi connectivity index (χ1n) is 16.5. The number of hydrogen-bond acceptors (Lipinski definition) is 9. The van der Waals surface area contributed by atoms with E-state index in [2.05, 4.69) is 35.5 Å². The number of aromatic nitrogens is 3. The molecule has 0 unspecified atom stereocenters. The number of rotatable bonds is 8. The topological polar surface area (TPSA) is 138 Å². The summed E-state index contributed by atoms with van der Waals surface area (Å²) >= 11 is 0. The Morgan fingerprint density at radius 2 is 1.69 bits per heavy atom. The summed E-state index contributed by atoms with van der Waals surface area (Å²) in [4.78, 5) is 32.1. The summed E-state index contributed by atoms with van der Waals surface area (Å²) in [5, 5.41) is 9.69. The molecule has 0 spiro atoms. The predicted molar refractivity (Wildman–Crippen MR) is 191 cm³/mol. The Hall–Kier alpha value is -4.55. The number of carbonyl (C=O) groups excluding carboxylic acids is 1. The lowest BCUT2D eigenvalue weighted by molar-refractivity contribution is 0.0509. The molecule has 12 heteroatoms. The summed E-state index contributed by atoms with van der Waals surface area (Å²) in [7, 11) is -4.19. The highest BCUT2D eigenvalue weighted by molar-refractivity contribution is 7.92. The highest BCUT2D eigenvalue weighted by Gasteiger charge is 2.32. The molecule has 1 aliphatic heterocycles. The molecular weight excluding hydrogens is 641 g/mol. The molecular formula is C37H46N6O5S. The van der Waals surface area contributed by atoms with Crippen molar-refractivity contribution in [2.24, 2.45) is 5.41 Å². The van der Waals surface area contributed by atoms with Gasteiger partial charge in [-0.2, -0.15) is 4.98 Å². The van der Waals surface area contributed by atoms with Crippen molar-refractivity contribution in [2.75, 3.05) is 29.4 Å². The van der Waals surface area contributed by atoms with E-state index in [1.807, 2.05) is 69.0 Å². The van der Waals surface area contributed by atoms with E-state index < -0.39 is 16.1 Å². The minimum Gasteiger partial charge on any atom is -0.475 e. The SMILES string of the molecule is Cc1cccc(C)c1-c1cc2nc(n1)NS(=O)(=O)c1cccc(c1)C(=O)N(Cc1cccc(N(CCO)C(C)C)n1)[C@H](CC(C)(C)C)CO2. The Morgan fingerprint density at radius 1 is 1.00 bits per heavy atom. The third-order valence-electron chi connectivity index (χ3n) is 8.41. The number of ether oxygens (including phenoxy) is 1. The van der Waals surface area contributed by atoms with Gasteiger partial charge < -0.3 is 19.6 Å². The van der Waals surface area contributed by atoms with Crippen molar-refractivity contribution in [3.05, 3.63) is 89.1 Å². The summed E-state index contributed by atoms with van der Waals surface area (Å²) in [6, 6.07) is 18.9. The van der Waals surface area contributed by atoms with Gasteiger partial charge in [-0.1, -0.05) is 51.1 Å². The summed E-state index contributed by atoms with van der Waals surface area (Å²) in [5.41, 5.74) is 3.95. The zero-order chi connectivity index (χ0) is 35.5. The van der Waals surface area contributed by atoms with Crippen molar-refractivity contribution in [1.29, 1.82) is 0 Å². The fourth-order valence-electron chi connectivity index (χ4n) is 6.18. The Morgan fingerprint density at radius 3 is 2.37 bits per heavy atom. The third-order valence-corrected chi connectivity index (χ3v) is 9.74. The van der Waals surface area contributed by atoms with Crippen LogP contribution < -0.4 is 14.4 Å². The van der Waals surface area contributed by atoms with Gasteiger partial charge in [0.2, 0.25) is 11.8 Å². The Balaban J connectivity index is 1.65. The highest BCUT2D eigenvalue weighted by Crippen LogP contribution is 2.32. The van der Waals surface area contributed by atoms with Crippen LogP contribution in [0.2, 0.25) is 0 Å². The van der Waals surface area contributed by atoms with Gasteiger partial charge >= 0.3 is 0 Å². The molecule has 11 nitrogen and oxygen atoms in total. The van der Waals surface area contributed by atoms with Crippen molar-refractivity contribution >= 4 is 27.7 Å². The van der Waals surface area contributed by atoms with Crippen LogP contribution in [0.5, 0.6) is 5.88 Å². The number of nitrogens with zero attached hydrogens (tertiary/aromatic N) is 5. The molecule has 49 heavy (non-hydrogen) atoms. The van der Waals surface area contributed by atoms with E-state index >= 15 is 0 Å². The second-order valence-corrected chi connectivity index (χ2v) is 15.7. The number of fused-ring (bicyclic) bond motifs is 4. The summed E-state index contributed by atoms with van der Waals surface area (Å²) in [6.07, 6.45) is 0.568. The molecule has 0 aliphatic carbocycles. The quantitative estimate of drug-likeness (QED) is 0.229. The molecule has 2 N–H and O–H groups in total. The van der Waals surface area contributed by atoms with Crippen LogP contribution >= 0.6 is 0 Å². The van der Waals surface area contributed by atoms with E-state index in [0.29, 0.717) is 30.2 Å². The van der Waals surface area contributed by atoms with Gasteiger partial charge in [0.05, 0.1) is 35.5 Å². The molecule has 1 amide bonds.